The highest BCUT2D eigenvalue weighted by Crippen LogP contribution is 2.25. The van der Waals surface area contributed by atoms with Gasteiger partial charge in [0.25, 0.3) is 0 Å². The van der Waals surface area contributed by atoms with Crippen molar-refractivity contribution in [2.75, 3.05) is 32.8 Å². The van der Waals surface area contributed by atoms with Gasteiger partial charge >= 0.3 is 6.03 Å². The lowest BCUT2D eigenvalue weighted by molar-refractivity contribution is -0.139. The fourth-order valence-corrected chi connectivity index (χ4v) is 3.89. The maximum atomic E-state index is 12.7. The summed E-state index contributed by atoms with van der Waals surface area (Å²) < 4.78 is 5.55. The molecule has 3 heterocycles. The monoisotopic (exact) mass is 321 g/mol. The largest absolute Gasteiger partial charge is 0.366 e. The molecule has 128 valence electrons. The molecular formula is C17H27N3O3. The molecule has 0 radical (unpaired) electrons. The second-order valence-electron chi connectivity index (χ2n) is 7.13. The summed E-state index contributed by atoms with van der Waals surface area (Å²) in [6, 6.07) is 0.0481. The van der Waals surface area contributed by atoms with E-state index in [0.717, 1.165) is 38.8 Å². The summed E-state index contributed by atoms with van der Waals surface area (Å²) in [6.45, 7) is 9.12. The Labute approximate surface area is 137 Å². The van der Waals surface area contributed by atoms with Crippen LogP contribution in [0.15, 0.2) is 12.2 Å². The number of nitrogens with zero attached hydrogens (tertiary/aromatic N) is 2. The molecule has 0 bridgehead atoms. The molecule has 0 spiro atoms. The zero-order valence-electron chi connectivity index (χ0n) is 13.9. The Morgan fingerprint density at radius 3 is 2.65 bits per heavy atom. The molecule has 3 amide bonds. The summed E-state index contributed by atoms with van der Waals surface area (Å²) in [5, 5.41) is 2.95. The van der Waals surface area contributed by atoms with E-state index in [1.54, 1.807) is 0 Å². The molecule has 6 heteroatoms. The average Bonchev–Trinajstić information content (AvgIpc) is 2.53. The van der Waals surface area contributed by atoms with Crippen molar-refractivity contribution < 1.29 is 14.3 Å². The number of carbonyl (C=O) groups excluding carboxylic acids is 2. The molecule has 3 saturated heterocycles. The van der Waals surface area contributed by atoms with E-state index in [1.807, 2.05) is 9.80 Å². The van der Waals surface area contributed by atoms with Crippen LogP contribution in [0.2, 0.25) is 0 Å². The predicted molar refractivity (Wildman–Crippen MR) is 87.0 cm³/mol. The molecule has 0 saturated carbocycles. The molecule has 1 N–H and O–H groups in total. The number of urea groups is 1. The Hall–Kier alpha value is -1.56. The Balaban J connectivity index is 1.51. The highest BCUT2D eigenvalue weighted by Gasteiger charge is 2.37. The molecule has 6 nitrogen and oxygen atoms in total. The van der Waals surface area contributed by atoms with Gasteiger partial charge in [0, 0.05) is 26.2 Å². The number of morpholine rings is 1. The third-order valence-corrected chi connectivity index (χ3v) is 5.12. The predicted octanol–water partition coefficient (Wildman–Crippen LogP) is 1.37. The minimum atomic E-state index is -0.0823. The summed E-state index contributed by atoms with van der Waals surface area (Å²) in [5.41, 5.74) is 1.23. The number of rotatable bonds is 2. The van der Waals surface area contributed by atoms with Crippen LogP contribution in [0.25, 0.3) is 0 Å². The molecule has 3 rings (SSSR count). The minimum Gasteiger partial charge on any atom is -0.366 e. The SMILES string of the molecule is C=C(C)CC1CCN(C(=O)N2CC[C@@H]3OCC(=O)N[C@H]3C2)CC1. The van der Waals surface area contributed by atoms with Gasteiger partial charge in [-0.05, 0) is 38.5 Å². The number of hydrogen-bond donors (Lipinski definition) is 1. The van der Waals surface area contributed by atoms with Crippen LogP contribution in [0.5, 0.6) is 0 Å². The number of carbonyl (C=O) groups is 2. The zero-order chi connectivity index (χ0) is 16.4. The number of piperidine rings is 2. The molecular weight excluding hydrogens is 294 g/mol. The van der Waals surface area contributed by atoms with E-state index in [-0.39, 0.29) is 30.7 Å². The maximum absolute atomic E-state index is 12.7. The van der Waals surface area contributed by atoms with Crippen LogP contribution >= 0.6 is 0 Å². The molecule has 0 unspecified atom stereocenters. The smallest absolute Gasteiger partial charge is 0.320 e. The van der Waals surface area contributed by atoms with Crippen molar-refractivity contribution >= 4 is 11.9 Å². The number of amides is 3. The van der Waals surface area contributed by atoms with Crippen LogP contribution in [0, 0.1) is 5.92 Å². The quantitative estimate of drug-likeness (QED) is 0.782. The molecule has 0 aromatic rings. The second kappa shape index (κ2) is 6.91. The van der Waals surface area contributed by atoms with Gasteiger partial charge in [0.2, 0.25) is 5.91 Å². The Bertz CT molecular complexity index is 485. The summed E-state index contributed by atoms with van der Waals surface area (Å²) in [7, 11) is 0. The highest BCUT2D eigenvalue weighted by molar-refractivity contribution is 5.79. The van der Waals surface area contributed by atoms with E-state index in [2.05, 4.69) is 18.8 Å². The lowest BCUT2D eigenvalue weighted by atomic mass is 9.91. The van der Waals surface area contributed by atoms with Crippen LogP contribution in [0.3, 0.4) is 0 Å². The van der Waals surface area contributed by atoms with Gasteiger partial charge in [0.1, 0.15) is 6.61 Å². The molecule has 3 aliphatic rings. The number of hydrogen-bond acceptors (Lipinski definition) is 3. The fourth-order valence-electron chi connectivity index (χ4n) is 3.89. The summed E-state index contributed by atoms with van der Waals surface area (Å²) in [5.74, 6) is 0.578. The van der Waals surface area contributed by atoms with Crippen molar-refractivity contribution in [2.45, 2.75) is 44.8 Å². The summed E-state index contributed by atoms with van der Waals surface area (Å²) in [6.07, 6.45) is 4.02. The number of fused-ring (bicyclic) bond motifs is 1. The van der Waals surface area contributed by atoms with E-state index in [4.69, 9.17) is 4.74 Å². The van der Waals surface area contributed by atoms with Gasteiger partial charge in [-0.1, -0.05) is 5.57 Å². The van der Waals surface area contributed by atoms with E-state index in [0.29, 0.717) is 19.0 Å². The minimum absolute atomic E-state index is 0.0538. The molecule has 3 aliphatic heterocycles. The Kier molecular flexibility index (Phi) is 4.90. The lowest BCUT2D eigenvalue weighted by Gasteiger charge is -2.43. The number of ether oxygens (including phenoxy) is 1. The molecule has 0 aromatic carbocycles. The normalized spacial score (nSPS) is 29.0. The number of nitrogens with one attached hydrogen (secondary N) is 1. The van der Waals surface area contributed by atoms with Gasteiger partial charge in [0.05, 0.1) is 12.1 Å². The first kappa shape index (κ1) is 16.3. The van der Waals surface area contributed by atoms with Crippen LogP contribution in [0.1, 0.15) is 32.6 Å². The molecule has 2 atom stereocenters. The molecule has 0 aromatic heterocycles. The van der Waals surface area contributed by atoms with Crippen molar-refractivity contribution in [1.29, 1.82) is 0 Å². The highest BCUT2D eigenvalue weighted by atomic mass is 16.5. The topological polar surface area (TPSA) is 61.9 Å². The van der Waals surface area contributed by atoms with Gasteiger partial charge in [-0.2, -0.15) is 0 Å². The standard InChI is InChI=1S/C17H27N3O3/c1-12(2)9-13-3-6-19(7-4-13)17(22)20-8-5-15-14(10-20)18-16(21)11-23-15/h13-15H,1,3-11H2,2H3,(H,18,21)/t14-,15-/m0/s1. The van der Waals surface area contributed by atoms with Gasteiger partial charge in [-0.15, -0.1) is 6.58 Å². The first-order chi connectivity index (χ1) is 11.0. The zero-order valence-corrected chi connectivity index (χ0v) is 13.9. The first-order valence-corrected chi connectivity index (χ1v) is 8.62. The van der Waals surface area contributed by atoms with Crippen LogP contribution in [-0.4, -0.2) is 66.7 Å². The molecule has 3 fully saturated rings. The van der Waals surface area contributed by atoms with Crippen LogP contribution in [-0.2, 0) is 9.53 Å². The first-order valence-electron chi connectivity index (χ1n) is 8.62. The van der Waals surface area contributed by atoms with Crippen LogP contribution in [0.4, 0.5) is 4.79 Å². The van der Waals surface area contributed by atoms with Crippen molar-refractivity contribution in [3.05, 3.63) is 12.2 Å². The van der Waals surface area contributed by atoms with E-state index < -0.39 is 0 Å². The summed E-state index contributed by atoms with van der Waals surface area (Å²) in [4.78, 5) is 28.0. The van der Waals surface area contributed by atoms with Crippen molar-refractivity contribution in [3.8, 4) is 0 Å². The van der Waals surface area contributed by atoms with Gasteiger partial charge in [-0.3, -0.25) is 4.79 Å². The third-order valence-electron chi connectivity index (χ3n) is 5.12. The van der Waals surface area contributed by atoms with E-state index >= 15 is 0 Å². The van der Waals surface area contributed by atoms with Gasteiger partial charge < -0.3 is 19.9 Å². The lowest BCUT2D eigenvalue weighted by Crippen LogP contribution is -2.62. The maximum Gasteiger partial charge on any atom is 0.320 e. The van der Waals surface area contributed by atoms with Gasteiger partial charge in [-0.25, -0.2) is 4.79 Å². The van der Waals surface area contributed by atoms with E-state index in [1.165, 1.54) is 5.57 Å². The molecule has 23 heavy (non-hydrogen) atoms. The Morgan fingerprint density at radius 1 is 1.26 bits per heavy atom. The number of likely N-dealkylation sites (tertiary alicyclic amines) is 2. The van der Waals surface area contributed by atoms with Crippen molar-refractivity contribution in [3.63, 3.8) is 0 Å². The summed E-state index contributed by atoms with van der Waals surface area (Å²) >= 11 is 0. The van der Waals surface area contributed by atoms with Crippen LogP contribution < -0.4 is 5.32 Å². The number of allylic oxidation sites excluding steroid dienone is 1. The van der Waals surface area contributed by atoms with Crippen molar-refractivity contribution in [2.24, 2.45) is 5.92 Å². The van der Waals surface area contributed by atoms with Crippen molar-refractivity contribution in [1.82, 2.24) is 15.1 Å². The van der Waals surface area contributed by atoms with E-state index in [9.17, 15) is 9.59 Å². The average molecular weight is 321 g/mol. The fraction of sp³-hybridized carbons (Fsp3) is 0.765. The third kappa shape index (κ3) is 3.86. The van der Waals surface area contributed by atoms with Gasteiger partial charge in [0.15, 0.2) is 0 Å². The second-order valence-corrected chi connectivity index (χ2v) is 7.13. The molecule has 0 aliphatic carbocycles. The Morgan fingerprint density at radius 2 is 1.96 bits per heavy atom.